The van der Waals surface area contributed by atoms with Crippen LogP contribution in [0.3, 0.4) is 0 Å². The van der Waals surface area contributed by atoms with Gasteiger partial charge in [-0.05, 0) is 59.9 Å². The van der Waals surface area contributed by atoms with Gasteiger partial charge in [0.1, 0.15) is 0 Å². The van der Waals surface area contributed by atoms with Gasteiger partial charge in [-0.15, -0.1) is 0 Å². The molecule has 1 fully saturated rings. The van der Waals surface area contributed by atoms with Crippen LogP contribution in [0.4, 0.5) is 0 Å². The summed E-state index contributed by atoms with van der Waals surface area (Å²) < 4.78 is 10.8. The lowest BCUT2D eigenvalue weighted by molar-refractivity contribution is -0.131. The minimum atomic E-state index is 0.148. The van der Waals surface area contributed by atoms with Gasteiger partial charge in [-0.1, -0.05) is 24.3 Å². The summed E-state index contributed by atoms with van der Waals surface area (Å²) in [6, 6.07) is 9.72. The molecule has 0 spiro atoms. The van der Waals surface area contributed by atoms with Crippen LogP contribution in [0.1, 0.15) is 24.0 Å². The van der Waals surface area contributed by atoms with E-state index in [-0.39, 0.29) is 12.7 Å². The van der Waals surface area contributed by atoms with E-state index in [4.69, 9.17) is 9.47 Å². The van der Waals surface area contributed by atoms with Crippen molar-refractivity contribution in [1.82, 2.24) is 9.88 Å². The third kappa shape index (κ3) is 3.49. The van der Waals surface area contributed by atoms with Crippen molar-refractivity contribution < 1.29 is 14.3 Å². The van der Waals surface area contributed by atoms with Crippen molar-refractivity contribution in [2.45, 2.75) is 25.8 Å². The highest BCUT2D eigenvalue weighted by Gasteiger charge is 2.37. The molecule has 1 saturated carbocycles. The molecule has 0 saturated heterocycles. The Hall–Kier alpha value is -2.82. The number of hydrogen-bond donors (Lipinski definition) is 0. The summed E-state index contributed by atoms with van der Waals surface area (Å²) in [6.45, 7) is 1.66. The standard InChI is InChI=1S/C23H24N2O3/c26-23(11-17-4-6-21-22(10-17)28-15-27-21)25(13-18-2-1-7-24-12-18)14-20-9-16-3-5-19(20)8-16/h1-7,10,12,16,19-20H,8-9,11,13-15H2/t16-,19-,20+/m0/s1. The zero-order chi connectivity index (χ0) is 18.9. The number of ether oxygens (including phenoxy) is 2. The number of fused-ring (bicyclic) bond motifs is 3. The third-order valence-corrected chi connectivity index (χ3v) is 6.11. The number of benzene rings is 1. The van der Waals surface area contributed by atoms with E-state index in [0.29, 0.717) is 30.7 Å². The summed E-state index contributed by atoms with van der Waals surface area (Å²) in [5.74, 6) is 3.51. The van der Waals surface area contributed by atoms with Gasteiger partial charge in [-0.2, -0.15) is 0 Å². The Morgan fingerprint density at radius 1 is 1.11 bits per heavy atom. The Morgan fingerprint density at radius 2 is 2.04 bits per heavy atom. The summed E-state index contributed by atoms with van der Waals surface area (Å²) in [4.78, 5) is 19.5. The van der Waals surface area contributed by atoms with Crippen LogP contribution < -0.4 is 9.47 Å². The molecule has 1 aliphatic heterocycles. The Morgan fingerprint density at radius 3 is 2.82 bits per heavy atom. The molecule has 5 nitrogen and oxygen atoms in total. The van der Waals surface area contributed by atoms with E-state index in [2.05, 4.69) is 17.1 Å². The van der Waals surface area contributed by atoms with Gasteiger partial charge < -0.3 is 14.4 Å². The van der Waals surface area contributed by atoms with Crippen LogP contribution in [0, 0.1) is 17.8 Å². The maximum atomic E-state index is 13.2. The number of nitrogens with zero attached hydrogens (tertiary/aromatic N) is 2. The molecule has 2 bridgehead atoms. The SMILES string of the molecule is O=C(Cc1ccc2c(c1)OCO2)N(Cc1cccnc1)C[C@H]1C[C@H]2C=C[C@H]1C2. The number of carbonyl (C=O) groups is 1. The van der Waals surface area contributed by atoms with Gasteiger partial charge >= 0.3 is 0 Å². The molecular formula is C23H24N2O3. The van der Waals surface area contributed by atoms with Crippen molar-refractivity contribution in [2.24, 2.45) is 17.8 Å². The maximum Gasteiger partial charge on any atom is 0.231 e. The topological polar surface area (TPSA) is 51.7 Å². The van der Waals surface area contributed by atoms with Crippen LogP contribution >= 0.6 is 0 Å². The first kappa shape index (κ1) is 17.3. The molecule has 1 aromatic carbocycles. The molecule has 1 aromatic heterocycles. The number of carbonyl (C=O) groups excluding carboxylic acids is 1. The first-order valence-electron chi connectivity index (χ1n) is 9.98. The quantitative estimate of drug-likeness (QED) is 0.723. The van der Waals surface area contributed by atoms with E-state index in [0.717, 1.165) is 29.2 Å². The van der Waals surface area contributed by atoms with E-state index in [1.807, 2.05) is 41.4 Å². The monoisotopic (exact) mass is 376 g/mol. The minimum Gasteiger partial charge on any atom is -0.454 e. The number of allylic oxidation sites excluding steroid dienone is 2. The maximum absolute atomic E-state index is 13.2. The van der Waals surface area contributed by atoms with E-state index in [1.54, 1.807) is 6.20 Å². The van der Waals surface area contributed by atoms with Crippen LogP contribution in [0.5, 0.6) is 11.5 Å². The first-order chi connectivity index (χ1) is 13.7. The molecule has 144 valence electrons. The van der Waals surface area contributed by atoms with Gasteiger partial charge in [0.15, 0.2) is 11.5 Å². The lowest BCUT2D eigenvalue weighted by Gasteiger charge is -2.29. The number of hydrogen-bond acceptors (Lipinski definition) is 4. The Kier molecular flexibility index (Phi) is 4.51. The number of amides is 1. The van der Waals surface area contributed by atoms with Crippen molar-refractivity contribution in [1.29, 1.82) is 0 Å². The second-order valence-electron chi connectivity index (χ2n) is 8.04. The van der Waals surface area contributed by atoms with Crippen molar-refractivity contribution in [3.63, 3.8) is 0 Å². The van der Waals surface area contributed by atoms with Gasteiger partial charge in [0.2, 0.25) is 12.7 Å². The molecule has 3 aliphatic rings. The van der Waals surface area contributed by atoms with Crippen molar-refractivity contribution in [3.8, 4) is 11.5 Å². The fraction of sp³-hybridized carbons (Fsp3) is 0.391. The Balaban J connectivity index is 1.32. The molecule has 5 rings (SSSR count). The van der Waals surface area contributed by atoms with Gasteiger partial charge in [0.25, 0.3) is 0 Å². The predicted molar refractivity (Wildman–Crippen MR) is 105 cm³/mol. The lowest BCUT2D eigenvalue weighted by atomic mass is 9.92. The molecule has 3 atom stereocenters. The lowest BCUT2D eigenvalue weighted by Crippen LogP contribution is -2.37. The van der Waals surface area contributed by atoms with E-state index < -0.39 is 0 Å². The zero-order valence-corrected chi connectivity index (χ0v) is 15.8. The predicted octanol–water partition coefficient (Wildman–Crippen LogP) is 3.59. The summed E-state index contributed by atoms with van der Waals surface area (Å²) >= 11 is 0. The molecule has 5 heteroatoms. The van der Waals surface area contributed by atoms with Gasteiger partial charge in [0, 0.05) is 25.5 Å². The smallest absolute Gasteiger partial charge is 0.231 e. The van der Waals surface area contributed by atoms with Crippen LogP contribution in [0.25, 0.3) is 0 Å². The Bertz CT molecular complexity index is 896. The highest BCUT2D eigenvalue weighted by molar-refractivity contribution is 5.79. The third-order valence-electron chi connectivity index (χ3n) is 6.11. The molecule has 0 unspecified atom stereocenters. The average Bonchev–Trinajstić information content (AvgIpc) is 3.45. The normalized spacial score (nSPS) is 23.9. The van der Waals surface area contributed by atoms with E-state index in [9.17, 15) is 4.79 Å². The van der Waals surface area contributed by atoms with Crippen molar-refractivity contribution >= 4 is 5.91 Å². The van der Waals surface area contributed by atoms with Crippen LogP contribution in [0.15, 0.2) is 54.9 Å². The molecule has 2 heterocycles. The van der Waals surface area contributed by atoms with Gasteiger partial charge in [-0.25, -0.2) is 0 Å². The summed E-state index contributed by atoms with van der Waals surface area (Å²) in [6.07, 6.45) is 11.1. The van der Waals surface area contributed by atoms with Crippen molar-refractivity contribution in [2.75, 3.05) is 13.3 Å². The number of aromatic nitrogens is 1. The highest BCUT2D eigenvalue weighted by atomic mass is 16.7. The molecule has 2 aliphatic carbocycles. The second-order valence-corrected chi connectivity index (χ2v) is 8.04. The highest BCUT2D eigenvalue weighted by Crippen LogP contribution is 2.43. The fourth-order valence-electron chi connectivity index (χ4n) is 4.69. The summed E-state index contributed by atoms with van der Waals surface area (Å²) in [5, 5.41) is 0. The average molecular weight is 376 g/mol. The van der Waals surface area contributed by atoms with E-state index in [1.165, 1.54) is 12.8 Å². The number of rotatable bonds is 6. The zero-order valence-electron chi connectivity index (χ0n) is 15.8. The molecule has 0 N–H and O–H groups in total. The van der Waals surface area contributed by atoms with Gasteiger partial charge in [-0.3, -0.25) is 9.78 Å². The minimum absolute atomic E-state index is 0.148. The second kappa shape index (κ2) is 7.30. The Labute approximate surface area is 165 Å². The van der Waals surface area contributed by atoms with Crippen LogP contribution in [0.2, 0.25) is 0 Å². The molecule has 1 amide bonds. The molecule has 2 aromatic rings. The first-order valence-corrected chi connectivity index (χ1v) is 9.98. The van der Waals surface area contributed by atoms with Crippen LogP contribution in [-0.4, -0.2) is 29.1 Å². The summed E-state index contributed by atoms with van der Waals surface area (Å²) in [7, 11) is 0. The molecule has 28 heavy (non-hydrogen) atoms. The molecule has 0 radical (unpaired) electrons. The largest absolute Gasteiger partial charge is 0.454 e. The van der Waals surface area contributed by atoms with Crippen molar-refractivity contribution in [3.05, 3.63) is 66.0 Å². The van der Waals surface area contributed by atoms with Crippen LogP contribution in [-0.2, 0) is 17.8 Å². The number of pyridine rings is 1. The fourth-order valence-corrected chi connectivity index (χ4v) is 4.69. The molecular weight excluding hydrogens is 352 g/mol. The van der Waals surface area contributed by atoms with Gasteiger partial charge in [0.05, 0.1) is 6.42 Å². The summed E-state index contributed by atoms with van der Waals surface area (Å²) in [5.41, 5.74) is 2.03. The van der Waals surface area contributed by atoms with E-state index >= 15 is 0 Å².